The highest BCUT2D eigenvalue weighted by atomic mass is 16.7. The summed E-state index contributed by atoms with van der Waals surface area (Å²) >= 11 is 0. The van der Waals surface area contributed by atoms with E-state index < -0.39 is 0 Å². The van der Waals surface area contributed by atoms with E-state index in [1.54, 1.807) is 0 Å². The van der Waals surface area contributed by atoms with Crippen LogP contribution in [-0.4, -0.2) is 56.6 Å². The molecule has 0 aliphatic rings. The standard InChI is InChI=1S/C12H25NO4/c1-6-16-12(17-7-2)9-13(10(3)4)8-11(14)15-5/h10,12H,6-9H2,1-5H3. The molecule has 0 aliphatic heterocycles. The van der Waals surface area contributed by atoms with Crippen molar-refractivity contribution < 1.29 is 19.0 Å². The van der Waals surface area contributed by atoms with Gasteiger partial charge < -0.3 is 14.2 Å². The van der Waals surface area contributed by atoms with Crippen molar-refractivity contribution in [2.75, 3.05) is 33.4 Å². The summed E-state index contributed by atoms with van der Waals surface area (Å²) in [4.78, 5) is 13.3. The summed E-state index contributed by atoms with van der Waals surface area (Å²) in [5, 5.41) is 0. The van der Waals surface area contributed by atoms with E-state index in [4.69, 9.17) is 9.47 Å². The fourth-order valence-electron chi connectivity index (χ4n) is 1.41. The first-order chi connectivity index (χ1) is 8.04. The first-order valence-electron chi connectivity index (χ1n) is 6.09. The Kier molecular flexibility index (Phi) is 9.03. The fourth-order valence-corrected chi connectivity index (χ4v) is 1.41. The summed E-state index contributed by atoms with van der Waals surface area (Å²) in [5.74, 6) is -0.245. The van der Waals surface area contributed by atoms with E-state index in [1.807, 2.05) is 32.6 Å². The number of ether oxygens (including phenoxy) is 3. The van der Waals surface area contributed by atoms with Crippen LogP contribution in [-0.2, 0) is 19.0 Å². The lowest BCUT2D eigenvalue weighted by atomic mass is 10.3. The molecule has 0 unspecified atom stereocenters. The van der Waals surface area contributed by atoms with E-state index in [-0.39, 0.29) is 24.8 Å². The summed E-state index contributed by atoms with van der Waals surface area (Å²) in [6.45, 7) is 9.90. The van der Waals surface area contributed by atoms with Gasteiger partial charge in [-0.3, -0.25) is 9.69 Å². The van der Waals surface area contributed by atoms with Crippen LogP contribution in [0.15, 0.2) is 0 Å². The minimum Gasteiger partial charge on any atom is -0.468 e. The second-order valence-corrected chi connectivity index (χ2v) is 3.94. The molecule has 0 aromatic heterocycles. The Hall–Kier alpha value is -0.650. The van der Waals surface area contributed by atoms with Gasteiger partial charge in [0.15, 0.2) is 6.29 Å². The molecule has 5 heteroatoms. The van der Waals surface area contributed by atoms with Crippen LogP contribution in [0.3, 0.4) is 0 Å². The van der Waals surface area contributed by atoms with Crippen molar-refractivity contribution in [3.8, 4) is 0 Å². The number of carbonyl (C=O) groups is 1. The highest BCUT2D eigenvalue weighted by Crippen LogP contribution is 2.04. The average Bonchev–Trinajstić information content (AvgIpc) is 2.28. The predicted octanol–water partition coefficient (Wildman–Crippen LogP) is 1.27. The molecule has 0 atom stereocenters. The second kappa shape index (κ2) is 9.39. The normalized spacial score (nSPS) is 11.5. The van der Waals surface area contributed by atoms with Crippen LogP contribution in [0.5, 0.6) is 0 Å². The summed E-state index contributed by atoms with van der Waals surface area (Å²) in [7, 11) is 1.39. The van der Waals surface area contributed by atoms with E-state index in [0.717, 1.165) is 0 Å². The molecule has 5 nitrogen and oxygen atoms in total. The predicted molar refractivity (Wildman–Crippen MR) is 65.8 cm³/mol. The lowest BCUT2D eigenvalue weighted by molar-refractivity contribution is -0.157. The van der Waals surface area contributed by atoms with Gasteiger partial charge in [-0.2, -0.15) is 0 Å². The van der Waals surface area contributed by atoms with Crippen LogP contribution in [0.2, 0.25) is 0 Å². The maximum absolute atomic E-state index is 11.3. The van der Waals surface area contributed by atoms with Gasteiger partial charge in [-0.15, -0.1) is 0 Å². The van der Waals surface area contributed by atoms with E-state index in [1.165, 1.54) is 7.11 Å². The molecule has 0 bridgehead atoms. The second-order valence-electron chi connectivity index (χ2n) is 3.94. The molecule has 0 amide bonds. The molecule has 0 heterocycles. The Morgan fingerprint density at radius 1 is 1.18 bits per heavy atom. The molecule has 0 aliphatic carbocycles. The molecule has 0 spiro atoms. The van der Waals surface area contributed by atoms with Gasteiger partial charge in [-0.1, -0.05) is 0 Å². The van der Waals surface area contributed by atoms with Crippen molar-refractivity contribution in [1.82, 2.24) is 4.90 Å². The zero-order chi connectivity index (χ0) is 13.3. The lowest BCUT2D eigenvalue weighted by Crippen LogP contribution is -2.43. The molecular weight excluding hydrogens is 222 g/mol. The third kappa shape index (κ3) is 7.31. The van der Waals surface area contributed by atoms with Crippen LogP contribution in [0, 0.1) is 0 Å². The SMILES string of the molecule is CCOC(CN(CC(=O)OC)C(C)C)OCC. The third-order valence-electron chi connectivity index (χ3n) is 2.38. The maximum Gasteiger partial charge on any atom is 0.319 e. The van der Waals surface area contributed by atoms with Gasteiger partial charge in [0.05, 0.1) is 20.2 Å². The molecule has 0 saturated carbocycles. The van der Waals surface area contributed by atoms with Gasteiger partial charge in [-0.25, -0.2) is 0 Å². The molecule has 0 N–H and O–H groups in total. The summed E-state index contributed by atoms with van der Waals surface area (Å²) < 4.78 is 15.6. The van der Waals surface area contributed by atoms with Gasteiger partial charge in [0.1, 0.15) is 0 Å². The Morgan fingerprint density at radius 2 is 1.71 bits per heavy atom. The van der Waals surface area contributed by atoms with Crippen molar-refractivity contribution in [2.24, 2.45) is 0 Å². The Morgan fingerprint density at radius 3 is 2.06 bits per heavy atom. The highest BCUT2D eigenvalue weighted by Gasteiger charge is 2.19. The minimum absolute atomic E-state index is 0.234. The molecule has 102 valence electrons. The van der Waals surface area contributed by atoms with Crippen molar-refractivity contribution in [1.29, 1.82) is 0 Å². The summed E-state index contributed by atoms with van der Waals surface area (Å²) in [5.41, 5.74) is 0. The van der Waals surface area contributed by atoms with E-state index in [9.17, 15) is 4.79 Å². The Labute approximate surface area is 104 Å². The summed E-state index contributed by atoms with van der Waals surface area (Å²) in [6.07, 6.45) is -0.294. The molecule has 0 radical (unpaired) electrons. The molecule has 17 heavy (non-hydrogen) atoms. The molecular formula is C12H25NO4. The number of methoxy groups -OCH3 is 1. The molecule has 0 aromatic carbocycles. The van der Waals surface area contributed by atoms with E-state index >= 15 is 0 Å². The Bertz CT molecular complexity index is 203. The highest BCUT2D eigenvalue weighted by molar-refractivity contribution is 5.71. The zero-order valence-electron chi connectivity index (χ0n) is 11.6. The van der Waals surface area contributed by atoms with E-state index in [2.05, 4.69) is 4.74 Å². The van der Waals surface area contributed by atoms with Gasteiger partial charge in [0, 0.05) is 19.3 Å². The number of esters is 1. The number of nitrogens with zero attached hydrogens (tertiary/aromatic N) is 1. The van der Waals surface area contributed by atoms with Crippen molar-refractivity contribution in [3.05, 3.63) is 0 Å². The number of hydrogen-bond acceptors (Lipinski definition) is 5. The first-order valence-corrected chi connectivity index (χ1v) is 6.09. The Balaban J connectivity index is 4.32. The van der Waals surface area contributed by atoms with Crippen molar-refractivity contribution >= 4 is 5.97 Å². The smallest absolute Gasteiger partial charge is 0.319 e. The van der Waals surface area contributed by atoms with Crippen molar-refractivity contribution in [2.45, 2.75) is 40.0 Å². The van der Waals surface area contributed by atoms with Gasteiger partial charge in [0.25, 0.3) is 0 Å². The van der Waals surface area contributed by atoms with Crippen LogP contribution < -0.4 is 0 Å². The van der Waals surface area contributed by atoms with E-state index in [0.29, 0.717) is 19.8 Å². The molecule has 0 saturated heterocycles. The average molecular weight is 247 g/mol. The number of hydrogen-bond donors (Lipinski definition) is 0. The first kappa shape index (κ1) is 16.4. The molecule has 0 rings (SSSR count). The molecule has 0 aromatic rings. The van der Waals surface area contributed by atoms with Crippen LogP contribution in [0.4, 0.5) is 0 Å². The van der Waals surface area contributed by atoms with Gasteiger partial charge >= 0.3 is 5.97 Å². The fraction of sp³-hybridized carbons (Fsp3) is 0.917. The maximum atomic E-state index is 11.3. The number of rotatable bonds is 9. The van der Waals surface area contributed by atoms with Crippen LogP contribution in [0.25, 0.3) is 0 Å². The van der Waals surface area contributed by atoms with Gasteiger partial charge in [-0.05, 0) is 27.7 Å². The zero-order valence-corrected chi connectivity index (χ0v) is 11.6. The van der Waals surface area contributed by atoms with Crippen LogP contribution >= 0.6 is 0 Å². The monoisotopic (exact) mass is 247 g/mol. The lowest BCUT2D eigenvalue weighted by Gasteiger charge is -2.29. The van der Waals surface area contributed by atoms with Crippen molar-refractivity contribution in [3.63, 3.8) is 0 Å². The molecule has 0 fully saturated rings. The van der Waals surface area contributed by atoms with Crippen LogP contribution in [0.1, 0.15) is 27.7 Å². The quantitative estimate of drug-likeness (QED) is 0.453. The largest absolute Gasteiger partial charge is 0.468 e. The minimum atomic E-state index is -0.294. The third-order valence-corrected chi connectivity index (χ3v) is 2.38. The topological polar surface area (TPSA) is 48.0 Å². The van der Waals surface area contributed by atoms with Gasteiger partial charge in [0.2, 0.25) is 0 Å². The number of carbonyl (C=O) groups excluding carboxylic acids is 1. The summed E-state index contributed by atoms with van der Waals surface area (Å²) in [6, 6.07) is 0.234.